The molecule has 0 atom stereocenters. The Morgan fingerprint density at radius 3 is 2.28 bits per heavy atom. The number of carbonyl (C=O) groups is 1. The smallest absolute Gasteiger partial charge is 0.240 e. The molecule has 104 valence electrons. The summed E-state index contributed by atoms with van der Waals surface area (Å²) in [5, 5.41) is -0.362. The molecule has 0 aromatic rings. The number of amides is 1. The summed E-state index contributed by atoms with van der Waals surface area (Å²) in [6, 6.07) is 0. The van der Waals surface area contributed by atoms with E-state index in [0.717, 1.165) is 12.8 Å². The van der Waals surface area contributed by atoms with Crippen molar-refractivity contribution in [3.8, 4) is 0 Å². The SMILES string of the molecule is CC1CCC(CN)(C(=O)NS(=O)(=O)C2CC2)CC1. The third-order valence-electron chi connectivity index (χ3n) is 4.30. The first-order chi connectivity index (χ1) is 8.39. The largest absolute Gasteiger partial charge is 0.329 e. The van der Waals surface area contributed by atoms with E-state index in [9.17, 15) is 13.2 Å². The number of sulfonamides is 1. The maximum Gasteiger partial charge on any atom is 0.240 e. The van der Waals surface area contributed by atoms with Crippen LogP contribution in [0.3, 0.4) is 0 Å². The molecule has 0 aromatic heterocycles. The second-order valence-electron chi connectivity index (χ2n) is 5.84. The third kappa shape index (κ3) is 2.69. The molecule has 2 saturated carbocycles. The first-order valence-electron chi connectivity index (χ1n) is 6.66. The monoisotopic (exact) mass is 274 g/mol. The number of hydrogen-bond acceptors (Lipinski definition) is 4. The predicted octanol–water partition coefficient (Wildman–Crippen LogP) is 0.750. The highest BCUT2D eigenvalue weighted by atomic mass is 32.2. The molecule has 2 aliphatic rings. The van der Waals surface area contributed by atoms with Gasteiger partial charge < -0.3 is 5.73 Å². The van der Waals surface area contributed by atoms with Gasteiger partial charge in [0.15, 0.2) is 0 Å². The first kappa shape index (κ1) is 13.8. The van der Waals surface area contributed by atoms with Gasteiger partial charge in [-0.1, -0.05) is 6.92 Å². The van der Waals surface area contributed by atoms with Gasteiger partial charge in [-0.05, 0) is 44.4 Å². The van der Waals surface area contributed by atoms with Crippen molar-refractivity contribution >= 4 is 15.9 Å². The van der Waals surface area contributed by atoms with E-state index in [1.807, 2.05) is 0 Å². The van der Waals surface area contributed by atoms with Crippen molar-refractivity contribution in [2.24, 2.45) is 17.1 Å². The Morgan fingerprint density at radius 1 is 1.28 bits per heavy atom. The Bertz CT molecular complexity index is 421. The number of nitrogens with one attached hydrogen (secondary N) is 1. The number of hydrogen-bond donors (Lipinski definition) is 2. The van der Waals surface area contributed by atoms with E-state index < -0.39 is 15.4 Å². The summed E-state index contributed by atoms with van der Waals surface area (Å²) in [6.45, 7) is 2.38. The van der Waals surface area contributed by atoms with E-state index in [1.54, 1.807) is 0 Å². The van der Waals surface area contributed by atoms with E-state index >= 15 is 0 Å². The topological polar surface area (TPSA) is 89.3 Å². The van der Waals surface area contributed by atoms with Crippen molar-refractivity contribution < 1.29 is 13.2 Å². The van der Waals surface area contributed by atoms with Crippen molar-refractivity contribution in [1.29, 1.82) is 0 Å². The minimum Gasteiger partial charge on any atom is -0.329 e. The second kappa shape index (κ2) is 4.81. The highest BCUT2D eigenvalue weighted by Crippen LogP contribution is 2.39. The van der Waals surface area contributed by atoms with Gasteiger partial charge >= 0.3 is 0 Å². The van der Waals surface area contributed by atoms with Crippen molar-refractivity contribution in [1.82, 2.24) is 4.72 Å². The average molecular weight is 274 g/mol. The van der Waals surface area contributed by atoms with Crippen molar-refractivity contribution in [2.45, 2.75) is 50.7 Å². The molecule has 0 radical (unpaired) electrons. The molecule has 5 nitrogen and oxygen atoms in total. The Morgan fingerprint density at radius 2 is 1.83 bits per heavy atom. The van der Waals surface area contributed by atoms with Crippen LogP contribution in [0.25, 0.3) is 0 Å². The molecule has 0 saturated heterocycles. The number of rotatable bonds is 4. The van der Waals surface area contributed by atoms with Crippen molar-refractivity contribution in [2.75, 3.05) is 6.54 Å². The average Bonchev–Trinajstić information content (AvgIpc) is 3.14. The molecule has 0 unspecified atom stereocenters. The minimum atomic E-state index is -3.45. The van der Waals surface area contributed by atoms with Gasteiger partial charge in [0.25, 0.3) is 0 Å². The first-order valence-corrected chi connectivity index (χ1v) is 8.20. The van der Waals surface area contributed by atoms with Gasteiger partial charge in [-0.2, -0.15) is 0 Å². The lowest BCUT2D eigenvalue weighted by molar-refractivity contribution is -0.130. The zero-order valence-electron chi connectivity index (χ0n) is 10.8. The number of nitrogens with two attached hydrogens (primary N) is 1. The summed E-state index contributed by atoms with van der Waals surface area (Å²) in [6.07, 6.45) is 4.58. The summed E-state index contributed by atoms with van der Waals surface area (Å²) in [5.41, 5.74) is 5.07. The van der Waals surface area contributed by atoms with Crippen LogP contribution in [0.4, 0.5) is 0 Å². The molecule has 1 amide bonds. The van der Waals surface area contributed by atoms with Gasteiger partial charge in [0.05, 0.1) is 10.7 Å². The maximum absolute atomic E-state index is 12.2. The van der Waals surface area contributed by atoms with Crippen molar-refractivity contribution in [3.05, 3.63) is 0 Å². The summed E-state index contributed by atoms with van der Waals surface area (Å²) >= 11 is 0. The fourth-order valence-corrected chi connectivity index (χ4v) is 3.94. The lowest BCUT2D eigenvalue weighted by Gasteiger charge is -2.36. The molecule has 3 N–H and O–H groups in total. The van der Waals surface area contributed by atoms with Crippen LogP contribution in [0.5, 0.6) is 0 Å². The van der Waals surface area contributed by atoms with E-state index in [4.69, 9.17) is 5.73 Å². The van der Waals surface area contributed by atoms with Crippen LogP contribution in [0.2, 0.25) is 0 Å². The van der Waals surface area contributed by atoms with E-state index in [2.05, 4.69) is 11.6 Å². The molecule has 18 heavy (non-hydrogen) atoms. The fraction of sp³-hybridized carbons (Fsp3) is 0.917. The van der Waals surface area contributed by atoms with Gasteiger partial charge in [0.1, 0.15) is 0 Å². The Balaban J connectivity index is 2.06. The van der Waals surface area contributed by atoms with Gasteiger partial charge in [-0.3, -0.25) is 9.52 Å². The lowest BCUT2D eigenvalue weighted by Crippen LogP contribution is -2.50. The molecule has 2 fully saturated rings. The minimum absolute atomic E-state index is 0.228. The second-order valence-corrected chi connectivity index (χ2v) is 7.80. The zero-order chi connectivity index (χ0) is 13.4. The van der Waals surface area contributed by atoms with Crippen molar-refractivity contribution in [3.63, 3.8) is 0 Å². The molecule has 0 spiro atoms. The number of carbonyl (C=O) groups excluding carboxylic acids is 1. The molecule has 6 heteroatoms. The van der Waals surface area contributed by atoms with Crippen LogP contribution >= 0.6 is 0 Å². The normalized spacial score (nSPS) is 33.1. The molecular weight excluding hydrogens is 252 g/mol. The molecule has 0 bridgehead atoms. The molecule has 0 heterocycles. The van der Waals surface area contributed by atoms with E-state index in [0.29, 0.717) is 31.6 Å². The third-order valence-corrected chi connectivity index (χ3v) is 6.12. The van der Waals surface area contributed by atoms with Gasteiger partial charge in [0.2, 0.25) is 15.9 Å². The standard InChI is InChI=1S/C12H22N2O3S/c1-9-4-6-12(8-13,7-5-9)11(15)14-18(16,17)10-2-3-10/h9-10H,2-8,13H2,1H3,(H,14,15). The fourth-order valence-electron chi connectivity index (χ4n) is 2.54. The summed E-state index contributed by atoms with van der Waals surface area (Å²) < 4.78 is 25.8. The molecule has 2 rings (SSSR count). The highest BCUT2D eigenvalue weighted by molar-refractivity contribution is 7.90. The van der Waals surface area contributed by atoms with Crippen LogP contribution in [0.15, 0.2) is 0 Å². The quantitative estimate of drug-likeness (QED) is 0.791. The van der Waals surface area contributed by atoms with E-state index in [-0.39, 0.29) is 17.7 Å². The molecule has 2 aliphatic carbocycles. The van der Waals surface area contributed by atoms with Gasteiger partial charge in [-0.15, -0.1) is 0 Å². The summed E-state index contributed by atoms with van der Waals surface area (Å²) in [5.74, 6) is 0.210. The Labute approximate surface area is 109 Å². The van der Waals surface area contributed by atoms with E-state index in [1.165, 1.54) is 0 Å². The van der Waals surface area contributed by atoms with Crippen LogP contribution in [-0.4, -0.2) is 26.1 Å². The summed E-state index contributed by atoms with van der Waals surface area (Å²) in [7, 11) is -3.45. The Hall–Kier alpha value is -0.620. The molecule has 0 aliphatic heterocycles. The lowest BCUT2D eigenvalue weighted by atomic mass is 9.70. The highest BCUT2D eigenvalue weighted by Gasteiger charge is 2.44. The van der Waals surface area contributed by atoms with Gasteiger partial charge in [0, 0.05) is 6.54 Å². The molecular formula is C12H22N2O3S. The molecule has 0 aromatic carbocycles. The van der Waals surface area contributed by atoms with Crippen LogP contribution < -0.4 is 10.5 Å². The summed E-state index contributed by atoms with van der Waals surface area (Å²) in [4.78, 5) is 12.2. The zero-order valence-corrected chi connectivity index (χ0v) is 11.6. The van der Waals surface area contributed by atoms with Crippen LogP contribution in [0, 0.1) is 11.3 Å². The maximum atomic E-state index is 12.2. The van der Waals surface area contributed by atoms with Gasteiger partial charge in [-0.25, -0.2) is 8.42 Å². The predicted molar refractivity (Wildman–Crippen MR) is 69.2 cm³/mol. The Kier molecular flexibility index (Phi) is 3.69. The van der Waals surface area contributed by atoms with Crippen LogP contribution in [0.1, 0.15) is 45.4 Å². The van der Waals surface area contributed by atoms with Crippen LogP contribution in [-0.2, 0) is 14.8 Å².